The number of anilines is 1. The molecule has 4 heteroatoms. The second-order valence-corrected chi connectivity index (χ2v) is 5.31. The first kappa shape index (κ1) is 15.7. The predicted molar refractivity (Wildman–Crippen MR) is 94.1 cm³/mol. The fourth-order valence-corrected chi connectivity index (χ4v) is 2.45. The van der Waals surface area contributed by atoms with Crippen molar-refractivity contribution >= 4 is 17.7 Å². The number of terminal acetylenes is 1. The van der Waals surface area contributed by atoms with Crippen molar-refractivity contribution in [2.75, 3.05) is 18.5 Å². The third-order valence-electron chi connectivity index (χ3n) is 3.56. The number of benzene rings is 2. The third kappa shape index (κ3) is 3.96. The molecule has 0 atom stereocenters. The van der Waals surface area contributed by atoms with Crippen molar-refractivity contribution in [3.05, 3.63) is 59.7 Å². The zero-order chi connectivity index (χ0) is 16.8. The molecule has 1 heterocycles. The van der Waals surface area contributed by atoms with Crippen molar-refractivity contribution < 1.29 is 14.3 Å². The summed E-state index contributed by atoms with van der Waals surface area (Å²) in [4.78, 5) is 12.0. The van der Waals surface area contributed by atoms with E-state index in [1.807, 2.05) is 18.2 Å². The summed E-state index contributed by atoms with van der Waals surface area (Å²) in [6.45, 7) is 0.917. The largest absolute Gasteiger partial charge is 0.493 e. The highest BCUT2D eigenvalue weighted by atomic mass is 16.5. The number of carbonyl (C=O) groups is 1. The number of nitrogens with one attached hydrogen (secondary N) is 1. The monoisotopic (exact) mass is 319 g/mol. The molecule has 0 aromatic heterocycles. The molecule has 1 amide bonds. The van der Waals surface area contributed by atoms with Crippen molar-refractivity contribution in [3.8, 4) is 23.8 Å². The molecule has 2 aromatic rings. The van der Waals surface area contributed by atoms with E-state index < -0.39 is 0 Å². The molecule has 1 aliphatic rings. The summed E-state index contributed by atoms with van der Waals surface area (Å²) in [5, 5.41) is 2.80. The Labute approximate surface area is 141 Å². The molecule has 1 N–H and O–H groups in total. The molecule has 2 aromatic carbocycles. The topological polar surface area (TPSA) is 47.6 Å². The van der Waals surface area contributed by atoms with Crippen LogP contribution in [-0.4, -0.2) is 19.1 Å². The number of hydrogen-bond donors (Lipinski definition) is 1. The Balaban J connectivity index is 1.62. The van der Waals surface area contributed by atoms with Gasteiger partial charge >= 0.3 is 0 Å². The van der Waals surface area contributed by atoms with Gasteiger partial charge in [-0.1, -0.05) is 18.1 Å². The Morgan fingerprint density at radius 2 is 2.25 bits per heavy atom. The molecule has 0 saturated heterocycles. The molecule has 0 spiro atoms. The molecule has 0 aliphatic carbocycles. The molecule has 4 nitrogen and oxygen atoms in total. The van der Waals surface area contributed by atoms with Gasteiger partial charge in [0.05, 0.1) is 6.61 Å². The van der Waals surface area contributed by atoms with Crippen LogP contribution in [-0.2, 0) is 11.2 Å². The number of hydrogen-bond acceptors (Lipinski definition) is 3. The smallest absolute Gasteiger partial charge is 0.248 e. The van der Waals surface area contributed by atoms with Gasteiger partial charge < -0.3 is 14.8 Å². The lowest BCUT2D eigenvalue weighted by atomic mass is 10.1. The highest BCUT2D eigenvalue weighted by molar-refractivity contribution is 6.02. The van der Waals surface area contributed by atoms with Gasteiger partial charge in [0, 0.05) is 24.3 Å². The van der Waals surface area contributed by atoms with E-state index in [4.69, 9.17) is 15.9 Å². The minimum Gasteiger partial charge on any atom is -0.493 e. The summed E-state index contributed by atoms with van der Waals surface area (Å²) in [6, 6.07) is 13.0. The number of amides is 1. The summed E-state index contributed by atoms with van der Waals surface area (Å²) in [7, 11) is 0. The van der Waals surface area contributed by atoms with E-state index in [9.17, 15) is 4.79 Å². The molecule has 0 saturated carbocycles. The molecular weight excluding hydrogens is 302 g/mol. The summed E-state index contributed by atoms with van der Waals surface area (Å²) >= 11 is 0. The molecule has 0 unspecified atom stereocenters. The van der Waals surface area contributed by atoms with Gasteiger partial charge in [-0.05, 0) is 41.5 Å². The van der Waals surface area contributed by atoms with Gasteiger partial charge in [0.2, 0.25) is 5.91 Å². The SMILES string of the molecule is C#CCOc1cccc(NC(=O)C=Cc2ccc3c(c2)CCO3)c1. The van der Waals surface area contributed by atoms with Gasteiger partial charge in [0.1, 0.15) is 18.1 Å². The van der Waals surface area contributed by atoms with Crippen LogP contribution >= 0.6 is 0 Å². The maximum Gasteiger partial charge on any atom is 0.248 e. The molecule has 3 rings (SSSR count). The highest BCUT2D eigenvalue weighted by Gasteiger charge is 2.11. The molecule has 0 bridgehead atoms. The maximum atomic E-state index is 12.0. The van der Waals surface area contributed by atoms with E-state index >= 15 is 0 Å². The number of fused-ring (bicyclic) bond motifs is 1. The van der Waals surface area contributed by atoms with Gasteiger partial charge in [0.15, 0.2) is 0 Å². The lowest BCUT2D eigenvalue weighted by molar-refractivity contribution is -0.111. The van der Waals surface area contributed by atoms with Crippen LogP contribution in [0.2, 0.25) is 0 Å². The lowest BCUT2D eigenvalue weighted by Crippen LogP contribution is -2.07. The third-order valence-corrected chi connectivity index (χ3v) is 3.56. The average molecular weight is 319 g/mol. The normalized spacial score (nSPS) is 12.3. The Hall–Kier alpha value is -3.19. The summed E-state index contributed by atoms with van der Waals surface area (Å²) in [6.07, 6.45) is 9.36. The van der Waals surface area contributed by atoms with E-state index in [2.05, 4.69) is 11.2 Å². The van der Waals surface area contributed by atoms with E-state index in [1.165, 1.54) is 11.6 Å². The number of carbonyl (C=O) groups excluding carboxylic acids is 1. The maximum absolute atomic E-state index is 12.0. The quantitative estimate of drug-likeness (QED) is 0.679. The number of ether oxygens (including phenoxy) is 2. The van der Waals surface area contributed by atoms with Gasteiger partial charge in [0.25, 0.3) is 0 Å². The minimum absolute atomic E-state index is 0.194. The van der Waals surface area contributed by atoms with Crippen LogP contribution in [0, 0.1) is 12.3 Å². The van der Waals surface area contributed by atoms with Gasteiger partial charge in [-0.15, -0.1) is 6.42 Å². The first-order chi connectivity index (χ1) is 11.7. The minimum atomic E-state index is -0.208. The number of rotatable bonds is 5. The van der Waals surface area contributed by atoms with Crippen LogP contribution in [0.1, 0.15) is 11.1 Å². The zero-order valence-corrected chi connectivity index (χ0v) is 13.1. The standard InChI is InChI=1S/C20H17NO3/c1-2-11-23-18-5-3-4-17(14-18)21-20(22)9-7-15-6-8-19-16(13-15)10-12-24-19/h1,3-9,13-14H,10-12H2,(H,21,22). The van der Waals surface area contributed by atoms with Crippen LogP contribution in [0.15, 0.2) is 48.5 Å². The molecular formula is C20H17NO3. The van der Waals surface area contributed by atoms with Crippen molar-refractivity contribution in [2.45, 2.75) is 6.42 Å². The van der Waals surface area contributed by atoms with E-state index in [0.717, 1.165) is 24.3 Å². The van der Waals surface area contributed by atoms with Crippen molar-refractivity contribution in [2.24, 2.45) is 0 Å². The summed E-state index contributed by atoms with van der Waals surface area (Å²) < 4.78 is 10.8. The predicted octanol–water partition coefficient (Wildman–Crippen LogP) is 3.29. The molecule has 24 heavy (non-hydrogen) atoms. The molecule has 0 fully saturated rings. The van der Waals surface area contributed by atoms with Gasteiger partial charge in [-0.2, -0.15) is 0 Å². The Morgan fingerprint density at radius 3 is 3.12 bits per heavy atom. The van der Waals surface area contributed by atoms with Crippen LogP contribution in [0.5, 0.6) is 11.5 Å². The van der Waals surface area contributed by atoms with E-state index in [0.29, 0.717) is 11.4 Å². The van der Waals surface area contributed by atoms with E-state index in [-0.39, 0.29) is 12.5 Å². The van der Waals surface area contributed by atoms with Crippen LogP contribution in [0.25, 0.3) is 6.08 Å². The van der Waals surface area contributed by atoms with Crippen LogP contribution < -0.4 is 14.8 Å². The first-order valence-electron chi connectivity index (χ1n) is 7.66. The summed E-state index contributed by atoms with van der Waals surface area (Å²) in [5.74, 6) is 3.75. The fraction of sp³-hybridized carbons (Fsp3) is 0.150. The average Bonchev–Trinajstić information content (AvgIpc) is 3.06. The van der Waals surface area contributed by atoms with Crippen molar-refractivity contribution in [3.63, 3.8) is 0 Å². The molecule has 120 valence electrons. The fourth-order valence-electron chi connectivity index (χ4n) is 2.45. The molecule has 0 radical (unpaired) electrons. The van der Waals surface area contributed by atoms with Crippen LogP contribution in [0.4, 0.5) is 5.69 Å². The first-order valence-corrected chi connectivity index (χ1v) is 7.66. The van der Waals surface area contributed by atoms with Crippen molar-refractivity contribution in [1.82, 2.24) is 0 Å². The second-order valence-electron chi connectivity index (χ2n) is 5.31. The zero-order valence-electron chi connectivity index (χ0n) is 13.1. The summed E-state index contributed by atoms with van der Waals surface area (Å²) in [5.41, 5.74) is 2.80. The Morgan fingerprint density at radius 1 is 1.33 bits per heavy atom. The second kappa shape index (κ2) is 7.38. The van der Waals surface area contributed by atoms with Gasteiger partial charge in [-0.3, -0.25) is 4.79 Å². The van der Waals surface area contributed by atoms with Crippen molar-refractivity contribution in [1.29, 1.82) is 0 Å². The van der Waals surface area contributed by atoms with Crippen LogP contribution in [0.3, 0.4) is 0 Å². The molecule has 1 aliphatic heterocycles. The Bertz CT molecular complexity index is 818. The van der Waals surface area contributed by atoms with E-state index in [1.54, 1.807) is 30.3 Å². The Kier molecular flexibility index (Phi) is 4.83. The van der Waals surface area contributed by atoms with Gasteiger partial charge in [-0.25, -0.2) is 0 Å². The highest BCUT2D eigenvalue weighted by Crippen LogP contribution is 2.26. The lowest BCUT2D eigenvalue weighted by Gasteiger charge is -2.06.